The second-order valence-electron chi connectivity index (χ2n) is 7.47. The smallest absolute Gasteiger partial charge is 0.251 e. The molecule has 6 nitrogen and oxygen atoms in total. The van der Waals surface area contributed by atoms with Gasteiger partial charge in [0.15, 0.2) is 5.96 Å². The van der Waals surface area contributed by atoms with Crippen LogP contribution in [0, 0.1) is 0 Å². The van der Waals surface area contributed by atoms with Crippen molar-refractivity contribution in [1.82, 2.24) is 20.9 Å². The van der Waals surface area contributed by atoms with E-state index in [0.717, 1.165) is 29.9 Å². The van der Waals surface area contributed by atoms with Crippen molar-refractivity contribution in [1.29, 1.82) is 0 Å². The Balaban J connectivity index is 0.00000420. The van der Waals surface area contributed by atoms with Crippen LogP contribution in [0.5, 0.6) is 0 Å². The highest BCUT2D eigenvalue weighted by atomic mass is 127. The fourth-order valence-electron chi connectivity index (χ4n) is 3.28. The highest BCUT2D eigenvalue weighted by molar-refractivity contribution is 14.0. The summed E-state index contributed by atoms with van der Waals surface area (Å²) in [5.41, 5.74) is 1.72. The summed E-state index contributed by atoms with van der Waals surface area (Å²) < 4.78 is 0. The molecule has 1 aliphatic carbocycles. The minimum Gasteiger partial charge on any atom is -0.357 e. The molecule has 2 atom stereocenters. The molecule has 3 N–H and O–H groups in total. The average Bonchev–Trinajstić information content (AvgIpc) is 3.14. The lowest BCUT2D eigenvalue weighted by Gasteiger charge is -2.17. The Bertz CT molecular complexity index is 656. The molecular weight excluding hydrogens is 497 g/mol. The molecule has 1 aromatic rings. The molecule has 1 amide bonds. The average molecular weight is 534 g/mol. The van der Waals surface area contributed by atoms with Gasteiger partial charge in [-0.15, -0.1) is 24.0 Å². The Hall–Kier alpha value is -1.00. The van der Waals surface area contributed by atoms with Crippen molar-refractivity contribution in [3.8, 4) is 0 Å². The van der Waals surface area contributed by atoms with Crippen molar-refractivity contribution >= 4 is 47.6 Å². The monoisotopic (exact) mass is 533 g/mol. The van der Waals surface area contributed by atoms with Crippen LogP contribution >= 0.6 is 35.7 Å². The van der Waals surface area contributed by atoms with Gasteiger partial charge in [-0.3, -0.25) is 4.79 Å². The Morgan fingerprint density at radius 2 is 2.07 bits per heavy atom. The molecule has 0 bridgehead atoms. The number of hydrogen-bond acceptors (Lipinski definition) is 4. The molecular formula is C21H36IN5OS. The van der Waals surface area contributed by atoms with Crippen LogP contribution in [0.2, 0.25) is 0 Å². The molecule has 0 heterocycles. The van der Waals surface area contributed by atoms with Gasteiger partial charge in [0.2, 0.25) is 0 Å². The topological polar surface area (TPSA) is 68.8 Å². The van der Waals surface area contributed by atoms with Gasteiger partial charge in [0.05, 0.1) is 6.54 Å². The number of guanidine groups is 1. The maximum absolute atomic E-state index is 12.3. The van der Waals surface area contributed by atoms with Gasteiger partial charge in [-0.1, -0.05) is 12.1 Å². The van der Waals surface area contributed by atoms with Gasteiger partial charge >= 0.3 is 0 Å². The first-order valence-electron chi connectivity index (χ1n) is 10.1. The number of nitrogens with zero attached hydrogens (tertiary/aromatic N) is 2. The van der Waals surface area contributed by atoms with E-state index < -0.39 is 0 Å². The number of halogens is 1. The van der Waals surface area contributed by atoms with Crippen LogP contribution < -0.4 is 16.0 Å². The number of hydrogen-bond donors (Lipinski definition) is 3. The lowest BCUT2D eigenvalue weighted by Crippen LogP contribution is -2.42. The second-order valence-corrected chi connectivity index (χ2v) is 8.60. The summed E-state index contributed by atoms with van der Waals surface area (Å²) in [5, 5.41) is 10.6. The summed E-state index contributed by atoms with van der Waals surface area (Å²) in [4.78, 5) is 19.1. The molecule has 0 aromatic heterocycles. The van der Waals surface area contributed by atoms with E-state index in [4.69, 9.17) is 4.99 Å². The number of likely N-dealkylation sites (N-methyl/N-ethyl adjacent to an activating group) is 1. The lowest BCUT2D eigenvalue weighted by atomic mass is 10.1. The van der Waals surface area contributed by atoms with E-state index in [1.807, 2.05) is 55.0 Å². The van der Waals surface area contributed by atoms with Crippen molar-refractivity contribution < 1.29 is 4.79 Å². The van der Waals surface area contributed by atoms with E-state index in [0.29, 0.717) is 24.7 Å². The molecule has 0 spiro atoms. The zero-order valence-corrected chi connectivity index (χ0v) is 21.2. The summed E-state index contributed by atoms with van der Waals surface area (Å²) in [5.74, 6) is 0.821. The normalized spacial score (nSPS) is 19.0. The van der Waals surface area contributed by atoms with Crippen molar-refractivity contribution in [2.75, 3.05) is 40.0 Å². The number of rotatable bonds is 9. The number of carbonyl (C=O) groups is 1. The SMILES string of the molecule is CCNC(=NCc1cccc(C(=O)NCCN(C)C)c1)NC1CCC(SC)C1.I. The van der Waals surface area contributed by atoms with E-state index in [9.17, 15) is 4.79 Å². The summed E-state index contributed by atoms with van der Waals surface area (Å²) in [6, 6.07) is 8.21. The van der Waals surface area contributed by atoms with Crippen LogP contribution in [0.1, 0.15) is 42.1 Å². The molecule has 0 radical (unpaired) electrons. The summed E-state index contributed by atoms with van der Waals surface area (Å²) in [6.45, 7) is 4.92. The number of carbonyl (C=O) groups excluding carboxylic acids is 1. The number of benzene rings is 1. The molecule has 1 aliphatic rings. The quantitative estimate of drug-likeness (QED) is 0.259. The van der Waals surface area contributed by atoms with Crippen molar-refractivity contribution in [2.45, 2.75) is 44.0 Å². The van der Waals surface area contributed by atoms with Gasteiger partial charge < -0.3 is 20.9 Å². The largest absolute Gasteiger partial charge is 0.357 e. The number of amides is 1. The van der Waals surface area contributed by atoms with Gasteiger partial charge in [0.25, 0.3) is 5.91 Å². The molecule has 1 fully saturated rings. The van der Waals surface area contributed by atoms with Crippen molar-refractivity contribution in [3.63, 3.8) is 0 Å². The van der Waals surface area contributed by atoms with Gasteiger partial charge in [-0.2, -0.15) is 11.8 Å². The molecule has 2 unspecified atom stereocenters. The van der Waals surface area contributed by atoms with Crippen LogP contribution in [0.3, 0.4) is 0 Å². The Morgan fingerprint density at radius 3 is 2.72 bits per heavy atom. The summed E-state index contributed by atoms with van der Waals surface area (Å²) in [7, 11) is 3.99. The van der Waals surface area contributed by atoms with Gasteiger partial charge in [0, 0.05) is 36.5 Å². The number of nitrogens with one attached hydrogen (secondary N) is 3. The first kappa shape index (κ1) is 26.0. The van der Waals surface area contributed by atoms with Crippen LogP contribution in [0.15, 0.2) is 29.3 Å². The minimum absolute atomic E-state index is 0. The van der Waals surface area contributed by atoms with E-state index >= 15 is 0 Å². The predicted molar refractivity (Wildman–Crippen MR) is 136 cm³/mol. The van der Waals surface area contributed by atoms with Crippen molar-refractivity contribution in [2.24, 2.45) is 4.99 Å². The van der Waals surface area contributed by atoms with Gasteiger partial charge in [-0.25, -0.2) is 4.99 Å². The Morgan fingerprint density at radius 1 is 1.28 bits per heavy atom. The predicted octanol–water partition coefficient (Wildman–Crippen LogP) is 2.94. The van der Waals surface area contributed by atoms with E-state index in [2.05, 4.69) is 29.1 Å². The molecule has 2 rings (SSSR count). The standard InChI is InChI=1S/C21H35N5OS.HI/c1-5-22-21(25-18-9-10-19(14-18)28-4)24-15-16-7-6-8-17(13-16)20(27)23-11-12-26(2)3;/h6-8,13,18-19H,5,9-12,14-15H2,1-4H3,(H,23,27)(H2,22,24,25);1H. The molecule has 0 saturated heterocycles. The Labute approximate surface area is 197 Å². The van der Waals surface area contributed by atoms with Gasteiger partial charge in [-0.05, 0) is 64.2 Å². The van der Waals surface area contributed by atoms with Gasteiger partial charge in [0.1, 0.15) is 0 Å². The lowest BCUT2D eigenvalue weighted by molar-refractivity contribution is 0.0951. The third-order valence-corrected chi connectivity index (χ3v) is 5.95. The number of aliphatic imine (C=N–C) groups is 1. The maximum Gasteiger partial charge on any atom is 0.251 e. The van der Waals surface area contributed by atoms with Crippen LogP contribution in [-0.2, 0) is 6.54 Å². The zero-order chi connectivity index (χ0) is 20.4. The molecule has 1 saturated carbocycles. The molecule has 8 heteroatoms. The molecule has 1 aromatic carbocycles. The summed E-state index contributed by atoms with van der Waals surface area (Å²) >= 11 is 1.96. The highest BCUT2D eigenvalue weighted by Crippen LogP contribution is 2.28. The van der Waals surface area contributed by atoms with E-state index in [-0.39, 0.29) is 29.9 Å². The van der Waals surface area contributed by atoms with Crippen molar-refractivity contribution in [3.05, 3.63) is 35.4 Å². The maximum atomic E-state index is 12.3. The first-order valence-corrected chi connectivity index (χ1v) is 11.4. The van der Waals surface area contributed by atoms with Crippen LogP contribution in [0.4, 0.5) is 0 Å². The molecule has 164 valence electrons. The fraction of sp³-hybridized carbons (Fsp3) is 0.619. The van der Waals surface area contributed by atoms with E-state index in [1.54, 1.807) is 0 Å². The fourth-order valence-corrected chi connectivity index (χ4v) is 4.07. The first-order chi connectivity index (χ1) is 13.5. The number of thioether (sulfide) groups is 1. The van der Waals surface area contributed by atoms with Crippen LogP contribution in [0.25, 0.3) is 0 Å². The van der Waals surface area contributed by atoms with Crippen LogP contribution in [-0.4, -0.2) is 68.0 Å². The van der Waals surface area contributed by atoms with E-state index in [1.165, 1.54) is 19.3 Å². The third-order valence-electron chi connectivity index (χ3n) is 4.86. The Kier molecular flexibility index (Phi) is 12.6. The highest BCUT2D eigenvalue weighted by Gasteiger charge is 2.24. The minimum atomic E-state index is -0.0354. The summed E-state index contributed by atoms with van der Waals surface area (Å²) in [6.07, 6.45) is 5.84. The molecule has 29 heavy (non-hydrogen) atoms. The zero-order valence-electron chi connectivity index (χ0n) is 18.0. The molecule has 0 aliphatic heterocycles. The second kappa shape index (κ2) is 14.1. The third kappa shape index (κ3) is 9.57.